The number of nitrogens with one attached hydrogen (secondary N) is 1. The van der Waals surface area contributed by atoms with E-state index in [1.807, 2.05) is 0 Å². The second-order valence-electron chi connectivity index (χ2n) is 7.45. The van der Waals surface area contributed by atoms with Crippen LogP contribution in [-0.2, 0) is 19.1 Å². The van der Waals surface area contributed by atoms with Crippen molar-refractivity contribution in [2.75, 3.05) is 25.0 Å². The minimum atomic E-state index is -0.655. The van der Waals surface area contributed by atoms with Crippen molar-refractivity contribution in [3.05, 3.63) is 17.0 Å². The number of ether oxygens (including phenoxy) is 2. The van der Waals surface area contributed by atoms with Gasteiger partial charge in [0.05, 0.1) is 11.5 Å². The summed E-state index contributed by atoms with van der Waals surface area (Å²) in [6.07, 6.45) is 0.734. The highest BCUT2D eigenvalue weighted by Gasteiger charge is 2.32. The largest absolute Gasteiger partial charge is 0.455 e. The fourth-order valence-corrected chi connectivity index (χ4v) is 3.49. The standard InChI is InChI=1S/C18H25N3O6S/c1-18(2,3)27-17(25)21-7-4-5-11(9-21)16(24)26-10-13(22)20-15-12(14(19)23)6-8-28-15/h6,8,11H,4-5,7,9-10H2,1-3H3,(H2,19,23)(H,20,22). The van der Waals surface area contributed by atoms with E-state index in [1.54, 1.807) is 26.2 Å². The molecule has 0 aromatic carbocycles. The Bertz CT molecular complexity index is 755. The number of hydrogen-bond donors (Lipinski definition) is 2. The number of rotatable bonds is 5. The van der Waals surface area contributed by atoms with Crippen molar-refractivity contribution in [2.45, 2.75) is 39.2 Å². The van der Waals surface area contributed by atoms with Gasteiger partial charge in [-0.3, -0.25) is 14.4 Å². The van der Waals surface area contributed by atoms with Crippen LogP contribution in [0.1, 0.15) is 44.0 Å². The van der Waals surface area contributed by atoms with E-state index in [9.17, 15) is 19.2 Å². The van der Waals surface area contributed by atoms with E-state index in [4.69, 9.17) is 15.2 Å². The zero-order chi connectivity index (χ0) is 20.9. The third-order valence-corrected chi connectivity index (χ3v) is 4.77. The normalized spacial score (nSPS) is 17.0. The Kier molecular flexibility index (Phi) is 7.00. The first-order valence-corrected chi connectivity index (χ1v) is 9.76. The molecule has 154 valence electrons. The van der Waals surface area contributed by atoms with Gasteiger partial charge in [0, 0.05) is 13.1 Å². The van der Waals surface area contributed by atoms with Gasteiger partial charge >= 0.3 is 12.1 Å². The lowest BCUT2D eigenvalue weighted by Gasteiger charge is -2.33. The molecule has 1 atom stereocenters. The summed E-state index contributed by atoms with van der Waals surface area (Å²) >= 11 is 1.15. The second kappa shape index (κ2) is 9.05. The zero-order valence-corrected chi connectivity index (χ0v) is 17.0. The number of thiophene rings is 1. The number of piperidine rings is 1. The quantitative estimate of drug-likeness (QED) is 0.713. The zero-order valence-electron chi connectivity index (χ0n) is 16.1. The first kappa shape index (κ1) is 21.7. The first-order chi connectivity index (χ1) is 13.1. The number of carbonyl (C=O) groups excluding carboxylic acids is 4. The molecule has 0 aliphatic carbocycles. The number of hydrogen-bond acceptors (Lipinski definition) is 7. The van der Waals surface area contributed by atoms with Crippen LogP contribution in [0.5, 0.6) is 0 Å². The number of carbonyl (C=O) groups is 4. The topological polar surface area (TPSA) is 128 Å². The number of anilines is 1. The summed E-state index contributed by atoms with van der Waals surface area (Å²) in [5.41, 5.74) is 4.80. The Morgan fingerprint density at radius 3 is 2.68 bits per heavy atom. The van der Waals surface area contributed by atoms with Crippen molar-refractivity contribution < 1.29 is 28.7 Å². The SMILES string of the molecule is CC(C)(C)OC(=O)N1CCCC(C(=O)OCC(=O)Nc2sccc2C(N)=O)C1. The van der Waals surface area contributed by atoms with E-state index in [-0.39, 0.29) is 12.1 Å². The average Bonchev–Trinajstić information content (AvgIpc) is 3.06. The van der Waals surface area contributed by atoms with Crippen LogP contribution in [0.4, 0.5) is 9.80 Å². The van der Waals surface area contributed by atoms with Crippen LogP contribution in [0, 0.1) is 5.92 Å². The van der Waals surface area contributed by atoms with Crippen LogP contribution < -0.4 is 11.1 Å². The summed E-state index contributed by atoms with van der Waals surface area (Å²) in [6.45, 7) is 5.53. The van der Waals surface area contributed by atoms with E-state index in [2.05, 4.69) is 5.32 Å². The van der Waals surface area contributed by atoms with Gasteiger partial charge < -0.3 is 25.4 Å². The highest BCUT2D eigenvalue weighted by Crippen LogP contribution is 2.23. The van der Waals surface area contributed by atoms with Gasteiger partial charge in [-0.15, -0.1) is 11.3 Å². The van der Waals surface area contributed by atoms with Crippen molar-refractivity contribution in [1.29, 1.82) is 0 Å². The van der Waals surface area contributed by atoms with E-state index in [0.29, 0.717) is 24.4 Å². The molecule has 3 amide bonds. The van der Waals surface area contributed by atoms with Crippen molar-refractivity contribution in [2.24, 2.45) is 11.7 Å². The maximum absolute atomic E-state index is 12.3. The molecule has 1 aromatic heterocycles. The molecule has 1 saturated heterocycles. The van der Waals surface area contributed by atoms with Crippen LogP contribution >= 0.6 is 11.3 Å². The van der Waals surface area contributed by atoms with E-state index in [1.165, 1.54) is 11.0 Å². The van der Waals surface area contributed by atoms with Gasteiger partial charge in [-0.1, -0.05) is 0 Å². The molecular formula is C18H25N3O6S. The van der Waals surface area contributed by atoms with Gasteiger partial charge in [-0.25, -0.2) is 4.79 Å². The molecule has 0 saturated carbocycles. The molecule has 1 aliphatic rings. The van der Waals surface area contributed by atoms with Gasteiger partial charge in [-0.2, -0.15) is 0 Å². The number of likely N-dealkylation sites (tertiary alicyclic amines) is 1. The van der Waals surface area contributed by atoms with E-state index in [0.717, 1.165) is 11.3 Å². The Balaban J connectivity index is 1.83. The summed E-state index contributed by atoms with van der Waals surface area (Å²) in [6, 6.07) is 1.50. The molecule has 9 nitrogen and oxygen atoms in total. The van der Waals surface area contributed by atoms with Crippen molar-refractivity contribution in [3.8, 4) is 0 Å². The van der Waals surface area contributed by atoms with Crippen LogP contribution in [0.3, 0.4) is 0 Å². The number of esters is 1. The maximum Gasteiger partial charge on any atom is 0.410 e. The second-order valence-corrected chi connectivity index (χ2v) is 8.37. The summed E-state index contributed by atoms with van der Waals surface area (Å²) in [7, 11) is 0. The van der Waals surface area contributed by atoms with Gasteiger partial charge in [0.1, 0.15) is 10.6 Å². The minimum absolute atomic E-state index is 0.187. The molecule has 10 heteroatoms. The van der Waals surface area contributed by atoms with Crippen molar-refractivity contribution in [3.63, 3.8) is 0 Å². The van der Waals surface area contributed by atoms with Gasteiger partial charge in [0.2, 0.25) is 0 Å². The Morgan fingerprint density at radius 2 is 2.04 bits per heavy atom. The number of primary amides is 1. The van der Waals surface area contributed by atoms with E-state index >= 15 is 0 Å². The summed E-state index contributed by atoms with van der Waals surface area (Å²) in [5, 5.41) is 4.43. The highest BCUT2D eigenvalue weighted by atomic mass is 32.1. The molecule has 28 heavy (non-hydrogen) atoms. The van der Waals surface area contributed by atoms with E-state index < -0.39 is 42.0 Å². The molecule has 0 radical (unpaired) electrons. The Morgan fingerprint density at radius 1 is 1.32 bits per heavy atom. The highest BCUT2D eigenvalue weighted by molar-refractivity contribution is 7.14. The fraction of sp³-hybridized carbons (Fsp3) is 0.556. The summed E-state index contributed by atoms with van der Waals surface area (Å²) < 4.78 is 10.4. The van der Waals surface area contributed by atoms with Gasteiger partial charge in [0.15, 0.2) is 6.61 Å². The fourth-order valence-electron chi connectivity index (χ4n) is 2.68. The van der Waals surface area contributed by atoms with Crippen LogP contribution in [0.25, 0.3) is 0 Å². The van der Waals surface area contributed by atoms with Gasteiger partial charge in [-0.05, 0) is 45.1 Å². The third-order valence-electron chi connectivity index (χ3n) is 3.94. The lowest BCUT2D eigenvalue weighted by Crippen LogP contribution is -2.45. The van der Waals surface area contributed by atoms with Crippen molar-refractivity contribution >= 4 is 40.2 Å². The number of nitrogens with zero attached hydrogens (tertiary/aromatic N) is 1. The predicted octanol–water partition coefficient (Wildman–Crippen LogP) is 1.98. The molecular weight excluding hydrogens is 386 g/mol. The third kappa shape index (κ3) is 6.22. The van der Waals surface area contributed by atoms with Crippen molar-refractivity contribution in [1.82, 2.24) is 4.90 Å². The first-order valence-electron chi connectivity index (χ1n) is 8.88. The molecule has 0 spiro atoms. The molecule has 1 unspecified atom stereocenters. The number of nitrogens with two attached hydrogens (primary N) is 1. The predicted molar refractivity (Wildman–Crippen MR) is 103 cm³/mol. The Hall–Kier alpha value is -2.62. The minimum Gasteiger partial charge on any atom is -0.455 e. The summed E-state index contributed by atoms with van der Waals surface area (Å²) in [4.78, 5) is 49.2. The van der Waals surface area contributed by atoms with Crippen LogP contribution in [-0.4, -0.2) is 54.1 Å². The molecule has 3 N–H and O–H groups in total. The van der Waals surface area contributed by atoms with Crippen LogP contribution in [0.15, 0.2) is 11.4 Å². The average molecular weight is 411 g/mol. The lowest BCUT2D eigenvalue weighted by molar-refractivity contribution is -0.153. The van der Waals surface area contributed by atoms with Gasteiger partial charge in [0.25, 0.3) is 11.8 Å². The lowest BCUT2D eigenvalue weighted by atomic mass is 9.98. The van der Waals surface area contributed by atoms with Crippen LogP contribution in [0.2, 0.25) is 0 Å². The monoisotopic (exact) mass is 411 g/mol. The smallest absolute Gasteiger partial charge is 0.410 e. The molecule has 1 aliphatic heterocycles. The molecule has 2 rings (SSSR count). The number of amides is 3. The maximum atomic E-state index is 12.3. The summed E-state index contributed by atoms with van der Waals surface area (Å²) in [5.74, 6) is -2.29. The molecule has 2 heterocycles. The molecule has 1 aromatic rings. The molecule has 1 fully saturated rings. The molecule has 0 bridgehead atoms. The Labute approximate surface area is 167 Å².